The molecule has 0 saturated carbocycles. The molecule has 80 heavy (non-hydrogen) atoms. The monoisotopic (exact) mass is 1110 g/mol. The molecule has 5 heterocycles. The number of para-hydroxylation sites is 1. The molecule has 1 amide bonds. The second kappa shape index (κ2) is 24.4. The zero-order valence-corrected chi connectivity index (χ0v) is 46.4. The summed E-state index contributed by atoms with van der Waals surface area (Å²) in [4.78, 5) is 27.2. The molecular formula is C61H61FN7O9PSi. The Morgan fingerprint density at radius 2 is 1.39 bits per heavy atom. The van der Waals surface area contributed by atoms with Crippen LogP contribution >= 0.6 is 8.53 Å². The highest BCUT2D eigenvalue weighted by atomic mass is 31.2. The summed E-state index contributed by atoms with van der Waals surface area (Å²) in [6.07, 6.45) is -2.46. The summed E-state index contributed by atoms with van der Waals surface area (Å²) in [5.41, 5.74) is 1.33. The Morgan fingerprint density at radius 1 is 0.787 bits per heavy atom. The summed E-state index contributed by atoms with van der Waals surface area (Å²) < 4.78 is 73.8. The number of amides is 1. The molecule has 8 aromatic rings. The third-order valence-electron chi connectivity index (χ3n) is 15.2. The Bertz CT molecular complexity index is 3300. The lowest BCUT2D eigenvalue weighted by molar-refractivity contribution is -0.118. The first-order valence-corrected chi connectivity index (χ1v) is 30.5. The average molecular weight is 1110 g/mol. The van der Waals surface area contributed by atoms with Crippen molar-refractivity contribution >= 4 is 50.0 Å². The standard InChI is InChI=1S/C61H61FN7O9PSi/c1-71-45-31-27-43(28-32-45)61(42-18-8-4-9-19-42,44-29-33-46(72-2)34-30-44)75-38-51-56(78-79-69-36-16-26-50(69)52(77-79)40-80(3,48-22-12-6-13-23-48)49-24-14-7-15-25-49)54(62)59(76-51)68-41-64-55-57(68)66-60(67-58(55)73-37-17-35-63)65-53(70)39-74-47-20-10-5-11-21-47/h4-15,18-25,27-34,41,50-52,54,56,59H,16-17,26,36-40H2,1-3H3,(H,65,66,67,70)/t50-,51+,52+,54?,56-,59+,79+/m0/s1. The molecule has 19 heteroatoms. The van der Waals surface area contributed by atoms with Gasteiger partial charge in [-0.2, -0.15) is 15.2 Å². The topological polar surface area (TPSA) is 174 Å². The van der Waals surface area contributed by atoms with Crippen molar-refractivity contribution in [3.8, 4) is 29.2 Å². The molecule has 0 aliphatic carbocycles. The normalized spacial score (nSPS) is 21.0. The van der Waals surface area contributed by atoms with Crippen molar-refractivity contribution in [1.82, 2.24) is 24.2 Å². The maximum atomic E-state index is 18.4. The van der Waals surface area contributed by atoms with E-state index in [-0.39, 0.29) is 61.4 Å². The van der Waals surface area contributed by atoms with E-state index >= 15 is 4.39 Å². The molecule has 3 aliphatic heterocycles. The van der Waals surface area contributed by atoms with Gasteiger partial charge in [-0.15, -0.1) is 0 Å². The predicted molar refractivity (Wildman–Crippen MR) is 304 cm³/mol. The lowest BCUT2D eigenvalue weighted by atomic mass is 9.80. The van der Waals surface area contributed by atoms with Gasteiger partial charge in [0.2, 0.25) is 11.8 Å². The highest BCUT2D eigenvalue weighted by Gasteiger charge is 2.55. The van der Waals surface area contributed by atoms with E-state index in [9.17, 15) is 10.1 Å². The summed E-state index contributed by atoms with van der Waals surface area (Å²) in [5, 5.41) is 14.7. The summed E-state index contributed by atoms with van der Waals surface area (Å²) in [6.45, 7) is 2.57. The number of anilines is 1. The number of ether oxygens (including phenoxy) is 6. The molecule has 7 atom stereocenters. The fourth-order valence-corrected chi connectivity index (χ4v) is 17.1. The molecular weight excluding hydrogens is 1050 g/mol. The Morgan fingerprint density at radius 3 is 2.00 bits per heavy atom. The molecule has 1 N–H and O–H groups in total. The molecule has 2 aromatic heterocycles. The predicted octanol–water partition coefficient (Wildman–Crippen LogP) is 9.77. The number of hydrogen-bond acceptors (Lipinski definition) is 14. The summed E-state index contributed by atoms with van der Waals surface area (Å²) in [6, 6.07) is 58.5. The maximum Gasteiger partial charge on any atom is 0.264 e. The van der Waals surface area contributed by atoms with Crippen molar-refractivity contribution < 1.29 is 46.7 Å². The first-order valence-electron chi connectivity index (χ1n) is 26.7. The average Bonchev–Trinajstić information content (AvgIpc) is 4.44. The lowest BCUT2D eigenvalue weighted by Crippen LogP contribution is -2.58. The second-order valence-corrected chi connectivity index (χ2v) is 25.6. The van der Waals surface area contributed by atoms with Crippen molar-refractivity contribution in [1.29, 1.82) is 5.26 Å². The Labute approximate surface area is 466 Å². The number of carbonyl (C=O) groups excluding carboxylic acids is 1. The van der Waals surface area contributed by atoms with Gasteiger partial charge in [-0.1, -0.05) is 150 Å². The number of fused-ring (bicyclic) bond motifs is 2. The van der Waals surface area contributed by atoms with Crippen LogP contribution in [0.1, 0.15) is 42.2 Å². The van der Waals surface area contributed by atoms with Gasteiger partial charge < -0.3 is 37.5 Å². The van der Waals surface area contributed by atoms with Crippen LogP contribution in [-0.4, -0.2) is 109 Å². The largest absolute Gasteiger partial charge is 0.497 e. The number of nitriles is 1. The lowest BCUT2D eigenvalue weighted by Gasteiger charge is -2.37. The van der Waals surface area contributed by atoms with Gasteiger partial charge in [-0.3, -0.25) is 14.7 Å². The van der Waals surface area contributed by atoms with E-state index in [1.165, 1.54) is 21.3 Å². The Kier molecular flexibility index (Phi) is 16.6. The number of methoxy groups -OCH3 is 2. The van der Waals surface area contributed by atoms with Crippen LogP contribution in [-0.2, 0) is 28.9 Å². The van der Waals surface area contributed by atoms with Crippen molar-refractivity contribution in [3.05, 3.63) is 193 Å². The summed E-state index contributed by atoms with van der Waals surface area (Å²) >= 11 is 0. The molecule has 11 rings (SSSR count). The van der Waals surface area contributed by atoms with Crippen LogP contribution in [0.5, 0.6) is 23.1 Å². The van der Waals surface area contributed by atoms with Gasteiger partial charge in [0.05, 0.1) is 45.7 Å². The van der Waals surface area contributed by atoms with Crippen LogP contribution in [0.3, 0.4) is 0 Å². The number of hydrogen-bond donors (Lipinski definition) is 1. The minimum absolute atomic E-state index is 0.0218. The van der Waals surface area contributed by atoms with Crippen molar-refractivity contribution in [2.45, 2.75) is 74.2 Å². The van der Waals surface area contributed by atoms with Crippen LogP contribution < -0.4 is 34.6 Å². The number of aromatic nitrogens is 4. The molecule has 3 saturated heterocycles. The number of nitrogens with one attached hydrogen (secondary N) is 1. The number of benzene rings is 6. The number of alkyl halides is 1. The smallest absolute Gasteiger partial charge is 0.264 e. The third kappa shape index (κ3) is 11.2. The SMILES string of the molecule is COc1ccc(C(OC[C@H]2O[C@@H](n3cnc4c(OCCC#N)nc(NC(=O)COc5ccccc5)nc43)C(F)[C@H]2O[P@@]2O[C@H](C[Si](C)(c3ccccc3)c3ccccc3)[C@@H]3CCCN32)(c2ccccc2)c2ccc(OC)cc2)cc1. The van der Waals surface area contributed by atoms with Crippen molar-refractivity contribution in [2.75, 3.05) is 45.9 Å². The van der Waals surface area contributed by atoms with E-state index < -0.39 is 52.7 Å². The number of rotatable bonds is 22. The second-order valence-electron chi connectivity index (χ2n) is 20.0. The molecule has 0 radical (unpaired) electrons. The van der Waals surface area contributed by atoms with E-state index in [4.69, 9.17) is 42.5 Å². The fraction of sp³-hybridized carbons (Fsp3) is 0.295. The van der Waals surface area contributed by atoms with Crippen LogP contribution in [0.2, 0.25) is 12.6 Å². The fourth-order valence-electron chi connectivity index (χ4n) is 11.1. The van der Waals surface area contributed by atoms with Crippen LogP contribution in [0, 0.1) is 11.3 Å². The molecule has 0 bridgehead atoms. The summed E-state index contributed by atoms with van der Waals surface area (Å²) in [5.74, 6) is 1.08. The van der Waals surface area contributed by atoms with Gasteiger partial charge in [0.15, 0.2) is 30.2 Å². The highest BCUT2D eigenvalue weighted by Crippen LogP contribution is 2.59. The molecule has 16 nitrogen and oxygen atoms in total. The molecule has 6 aromatic carbocycles. The van der Waals surface area contributed by atoms with Gasteiger partial charge in [0, 0.05) is 12.6 Å². The Balaban J connectivity index is 0.969. The molecule has 3 aliphatic rings. The minimum atomic E-state index is -2.41. The van der Waals surface area contributed by atoms with Gasteiger partial charge in [0.1, 0.15) is 49.7 Å². The van der Waals surface area contributed by atoms with E-state index in [1.54, 1.807) is 38.5 Å². The minimum Gasteiger partial charge on any atom is -0.497 e. The van der Waals surface area contributed by atoms with Gasteiger partial charge in [-0.05, 0) is 72.0 Å². The summed E-state index contributed by atoms with van der Waals surface area (Å²) in [7, 11) is -0.997. The van der Waals surface area contributed by atoms with Gasteiger partial charge in [0.25, 0.3) is 14.4 Å². The zero-order valence-electron chi connectivity index (χ0n) is 44.5. The number of halogens is 1. The molecule has 1 unspecified atom stereocenters. The van der Waals surface area contributed by atoms with E-state index in [2.05, 4.69) is 81.1 Å². The quantitative estimate of drug-likeness (QED) is 0.0294. The van der Waals surface area contributed by atoms with Crippen molar-refractivity contribution in [2.24, 2.45) is 0 Å². The molecule has 3 fully saturated rings. The number of carbonyl (C=O) groups is 1. The highest BCUT2D eigenvalue weighted by molar-refractivity contribution is 7.45. The molecule has 410 valence electrons. The van der Waals surface area contributed by atoms with E-state index in [0.717, 1.165) is 42.1 Å². The van der Waals surface area contributed by atoms with Gasteiger partial charge >= 0.3 is 0 Å². The third-order valence-corrected chi connectivity index (χ3v) is 21.4. The van der Waals surface area contributed by atoms with Crippen molar-refractivity contribution in [3.63, 3.8) is 0 Å². The first-order chi connectivity index (χ1) is 39.2. The van der Waals surface area contributed by atoms with Crippen LogP contribution in [0.25, 0.3) is 11.2 Å². The number of nitrogens with zero attached hydrogens (tertiary/aromatic N) is 6. The maximum absolute atomic E-state index is 18.4. The van der Waals surface area contributed by atoms with E-state index in [0.29, 0.717) is 17.2 Å². The van der Waals surface area contributed by atoms with Gasteiger partial charge in [-0.25, -0.2) is 14.0 Å². The first kappa shape index (κ1) is 54.4. The molecule has 0 spiro atoms. The number of imidazole rings is 1. The zero-order chi connectivity index (χ0) is 55.1. The van der Waals surface area contributed by atoms with E-state index in [1.807, 2.05) is 97.1 Å². The Hall–Kier alpha value is -7.59. The van der Waals surface area contributed by atoms with Crippen LogP contribution in [0.4, 0.5) is 10.3 Å². The van der Waals surface area contributed by atoms with Crippen LogP contribution in [0.15, 0.2) is 176 Å².